The number of halogens is 1. The first-order chi connectivity index (χ1) is 12.2. The summed E-state index contributed by atoms with van der Waals surface area (Å²) in [6, 6.07) is 15.1. The van der Waals surface area contributed by atoms with E-state index in [2.05, 4.69) is 25.9 Å². The maximum Gasteiger partial charge on any atom is 0.279 e. The van der Waals surface area contributed by atoms with Gasteiger partial charge in [0.2, 0.25) is 0 Å². The summed E-state index contributed by atoms with van der Waals surface area (Å²) in [5.41, 5.74) is 2.51. The van der Waals surface area contributed by atoms with Crippen LogP contribution in [0, 0.1) is 0 Å². The number of hydrogen-bond acceptors (Lipinski definition) is 2. The summed E-state index contributed by atoms with van der Waals surface area (Å²) < 4.78 is 0.923. The summed E-state index contributed by atoms with van der Waals surface area (Å²) in [6.45, 7) is 0.696. The molecule has 0 atom stereocenters. The van der Waals surface area contributed by atoms with Gasteiger partial charge in [0.25, 0.3) is 5.91 Å². The molecule has 0 fully saturated rings. The van der Waals surface area contributed by atoms with Crippen molar-refractivity contribution in [3.05, 3.63) is 94.1 Å². The predicted molar refractivity (Wildman–Crippen MR) is 103 cm³/mol. The predicted octanol–water partition coefficient (Wildman–Crippen LogP) is 4.33. The van der Waals surface area contributed by atoms with E-state index in [9.17, 15) is 4.79 Å². The first-order valence-electron chi connectivity index (χ1n) is 7.88. The van der Waals surface area contributed by atoms with E-state index in [0.717, 1.165) is 21.4 Å². The Kier molecular flexibility index (Phi) is 4.15. The number of allylic oxidation sites excluding steroid dienone is 2. The smallest absolute Gasteiger partial charge is 0.279 e. The maximum atomic E-state index is 12.6. The highest BCUT2D eigenvalue weighted by Crippen LogP contribution is 2.21. The number of amides is 1. The van der Waals surface area contributed by atoms with Crippen LogP contribution in [0.4, 0.5) is 0 Å². The van der Waals surface area contributed by atoms with Crippen LogP contribution in [0.3, 0.4) is 0 Å². The fraction of sp³-hybridized carbons (Fsp3) is 0.0500. The lowest BCUT2D eigenvalue weighted by Crippen LogP contribution is -2.24. The topological polar surface area (TPSA) is 45.0 Å². The molecule has 0 saturated carbocycles. The lowest BCUT2D eigenvalue weighted by Gasteiger charge is -2.20. The van der Waals surface area contributed by atoms with Crippen molar-refractivity contribution in [3.63, 3.8) is 0 Å². The number of carbonyl (C=O) groups excluding carboxylic acids is 1. The fourth-order valence-corrected chi connectivity index (χ4v) is 3.03. The van der Waals surface area contributed by atoms with Crippen LogP contribution in [0.15, 0.2) is 87.4 Å². The Morgan fingerprint density at radius 1 is 1.08 bits per heavy atom. The first-order valence-corrected chi connectivity index (χ1v) is 8.67. The van der Waals surface area contributed by atoms with Gasteiger partial charge >= 0.3 is 0 Å². The van der Waals surface area contributed by atoms with Gasteiger partial charge in [0, 0.05) is 28.3 Å². The Morgan fingerprint density at radius 2 is 1.88 bits per heavy atom. The van der Waals surface area contributed by atoms with E-state index in [-0.39, 0.29) is 5.91 Å². The molecule has 2 aliphatic rings. The van der Waals surface area contributed by atoms with E-state index in [4.69, 9.17) is 0 Å². The molecule has 0 radical (unpaired) electrons. The van der Waals surface area contributed by atoms with Crippen LogP contribution in [0.2, 0.25) is 0 Å². The molecule has 2 aliphatic heterocycles. The summed E-state index contributed by atoms with van der Waals surface area (Å²) in [7, 11) is 0. The molecule has 0 bridgehead atoms. The minimum atomic E-state index is -0.301. The third-order valence-electron chi connectivity index (χ3n) is 4.03. The van der Waals surface area contributed by atoms with Gasteiger partial charge in [-0.1, -0.05) is 46.3 Å². The number of carbonyl (C=O) groups is 1. The Balaban J connectivity index is 1.80. The zero-order valence-corrected chi connectivity index (χ0v) is 14.8. The van der Waals surface area contributed by atoms with E-state index in [0.29, 0.717) is 17.9 Å². The summed E-state index contributed by atoms with van der Waals surface area (Å²) in [4.78, 5) is 23.6. The molecule has 122 valence electrons. The lowest BCUT2D eigenvalue weighted by molar-refractivity contribution is 0.100. The molecule has 2 heterocycles. The molecule has 1 amide bonds. The normalized spacial score (nSPS) is 16.9. The minimum Gasteiger partial charge on any atom is -0.329 e. The van der Waals surface area contributed by atoms with Crippen LogP contribution >= 0.6 is 15.9 Å². The standard InChI is InChI=1S/C20H14BrN3O/c21-16-10-8-14(9-11-16)20(25)23-19-17-6-2-1-5-15(17)13-24-12-4-3-7-18(24)22-19/h1-12H,13H2. The summed E-state index contributed by atoms with van der Waals surface area (Å²) >= 11 is 3.37. The van der Waals surface area contributed by atoms with Crippen LogP contribution in [0.1, 0.15) is 21.5 Å². The van der Waals surface area contributed by atoms with Crippen molar-refractivity contribution >= 4 is 33.5 Å². The van der Waals surface area contributed by atoms with Crippen LogP contribution < -0.4 is 0 Å². The SMILES string of the molecule is O=C(N=C1N=C2C=CC=CN2Cc2ccccc21)c1ccc(Br)cc1. The van der Waals surface area contributed by atoms with E-state index >= 15 is 0 Å². The molecule has 25 heavy (non-hydrogen) atoms. The van der Waals surface area contributed by atoms with Gasteiger partial charge in [-0.3, -0.25) is 4.79 Å². The monoisotopic (exact) mass is 391 g/mol. The number of amidine groups is 2. The number of hydrogen-bond donors (Lipinski definition) is 0. The molecule has 0 spiro atoms. The Bertz CT molecular complexity index is 955. The van der Waals surface area contributed by atoms with Crippen molar-refractivity contribution in [2.45, 2.75) is 6.54 Å². The van der Waals surface area contributed by atoms with Gasteiger partial charge in [-0.2, -0.15) is 4.99 Å². The van der Waals surface area contributed by atoms with Crippen LogP contribution in [0.25, 0.3) is 0 Å². The average molecular weight is 392 g/mol. The maximum absolute atomic E-state index is 12.6. The van der Waals surface area contributed by atoms with E-state index < -0.39 is 0 Å². The van der Waals surface area contributed by atoms with Crippen molar-refractivity contribution in [1.82, 2.24) is 4.90 Å². The molecule has 5 heteroatoms. The highest BCUT2D eigenvalue weighted by molar-refractivity contribution is 9.10. The third-order valence-corrected chi connectivity index (χ3v) is 4.56. The molecular weight excluding hydrogens is 378 g/mol. The third kappa shape index (κ3) is 3.23. The zero-order valence-electron chi connectivity index (χ0n) is 13.3. The largest absolute Gasteiger partial charge is 0.329 e. The van der Waals surface area contributed by atoms with Crippen LogP contribution in [0.5, 0.6) is 0 Å². The second kappa shape index (κ2) is 6.61. The molecule has 2 aromatic carbocycles. The molecule has 0 saturated heterocycles. The van der Waals surface area contributed by atoms with E-state index in [1.54, 1.807) is 12.1 Å². The number of rotatable bonds is 1. The molecule has 0 aliphatic carbocycles. The van der Waals surface area contributed by atoms with Crippen molar-refractivity contribution in [2.24, 2.45) is 9.98 Å². The molecule has 0 aromatic heterocycles. The molecule has 4 nitrogen and oxygen atoms in total. The highest BCUT2D eigenvalue weighted by atomic mass is 79.9. The van der Waals surface area contributed by atoms with Gasteiger partial charge in [0.1, 0.15) is 5.84 Å². The molecule has 0 unspecified atom stereocenters. The highest BCUT2D eigenvalue weighted by Gasteiger charge is 2.20. The summed E-state index contributed by atoms with van der Waals surface area (Å²) in [5, 5.41) is 0. The van der Waals surface area contributed by atoms with Crippen molar-refractivity contribution in [2.75, 3.05) is 0 Å². The quantitative estimate of drug-likeness (QED) is 0.725. The van der Waals surface area contributed by atoms with E-state index in [1.807, 2.05) is 65.7 Å². The zero-order chi connectivity index (χ0) is 17.2. The lowest BCUT2D eigenvalue weighted by atomic mass is 10.1. The Labute approximate surface area is 154 Å². The second-order valence-electron chi connectivity index (χ2n) is 5.70. The Morgan fingerprint density at radius 3 is 2.72 bits per heavy atom. The van der Waals surface area contributed by atoms with Crippen molar-refractivity contribution in [1.29, 1.82) is 0 Å². The van der Waals surface area contributed by atoms with Crippen LogP contribution in [-0.2, 0) is 6.54 Å². The Hall–Kier alpha value is -2.79. The number of aliphatic imine (C=N–C) groups is 2. The van der Waals surface area contributed by atoms with Gasteiger partial charge < -0.3 is 4.90 Å². The molecule has 0 N–H and O–H groups in total. The summed E-state index contributed by atoms with van der Waals surface area (Å²) in [5.74, 6) is 0.924. The summed E-state index contributed by atoms with van der Waals surface area (Å²) in [6.07, 6.45) is 7.80. The van der Waals surface area contributed by atoms with Crippen molar-refractivity contribution < 1.29 is 4.79 Å². The molecule has 4 rings (SSSR count). The number of benzene rings is 2. The molecule has 2 aromatic rings. The first kappa shape index (κ1) is 15.7. The van der Waals surface area contributed by atoms with Gasteiger partial charge in [-0.15, -0.1) is 0 Å². The van der Waals surface area contributed by atoms with Gasteiger partial charge in [-0.05, 0) is 42.0 Å². The fourth-order valence-electron chi connectivity index (χ4n) is 2.77. The van der Waals surface area contributed by atoms with Gasteiger partial charge in [-0.25, -0.2) is 4.99 Å². The van der Waals surface area contributed by atoms with Crippen molar-refractivity contribution in [3.8, 4) is 0 Å². The second-order valence-corrected chi connectivity index (χ2v) is 6.62. The van der Waals surface area contributed by atoms with Gasteiger partial charge in [0.05, 0.1) is 0 Å². The molecular formula is C20H14BrN3O. The average Bonchev–Trinajstić information content (AvgIpc) is 2.79. The minimum absolute atomic E-state index is 0.301. The van der Waals surface area contributed by atoms with E-state index in [1.165, 1.54) is 0 Å². The van der Waals surface area contributed by atoms with Crippen LogP contribution in [-0.4, -0.2) is 22.5 Å². The number of nitrogens with zero attached hydrogens (tertiary/aromatic N) is 3. The van der Waals surface area contributed by atoms with Gasteiger partial charge in [0.15, 0.2) is 5.84 Å². The number of fused-ring (bicyclic) bond motifs is 2.